The number of benzene rings is 2. The average Bonchev–Trinajstić information content (AvgIpc) is 3.30. The van der Waals surface area contributed by atoms with Crippen molar-refractivity contribution >= 4 is 17.5 Å². The Labute approximate surface area is 193 Å². The van der Waals surface area contributed by atoms with Gasteiger partial charge in [-0.15, -0.1) is 0 Å². The lowest BCUT2D eigenvalue weighted by Crippen LogP contribution is -2.50. The van der Waals surface area contributed by atoms with Gasteiger partial charge in [0.05, 0.1) is 18.6 Å². The molecule has 1 amide bonds. The summed E-state index contributed by atoms with van der Waals surface area (Å²) in [7, 11) is 0. The molecular formula is C24H28ClN5O2. The van der Waals surface area contributed by atoms with E-state index in [9.17, 15) is 4.79 Å². The van der Waals surface area contributed by atoms with Crippen LogP contribution in [0.5, 0.6) is 0 Å². The molecule has 168 valence electrons. The van der Waals surface area contributed by atoms with Crippen molar-refractivity contribution in [2.24, 2.45) is 0 Å². The highest BCUT2D eigenvalue weighted by Crippen LogP contribution is 2.23. The molecule has 0 spiro atoms. The molecule has 1 fully saturated rings. The minimum Gasteiger partial charge on any atom is -0.348 e. The first kappa shape index (κ1) is 22.5. The molecule has 32 heavy (non-hydrogen) atoms. The van der Waals surface area contributed by atoms with E-state index in [2.05, 4.69) is 32.2 Å². The highest BCUT2D eigenvalue weighted by atomic mass is 35.5. The maximum Gasteiger partial charge on any atom is 0.244 e. The van der Waals surface area contributed by atoms with Crippen molar-refractivity contribution in [3.63, 3.8) is 0 Å². The lowest BCUT2D eigenvalue weighted by atomic mass is 10.1. The molecule has 7 nitrogen and oxygen atoms in total. The van der Waals surface area contributed by atoms with Gasteiger partial charge in [-0.2, -0.15) is 4.98 Å². The number of nitrogens with one attached hydrogen (secondary N) is 1. The lowest BCUT2D eigenvalue weighted by Gasteiger charge is -2.36. The number of piperazine rings is 1. The molecule has 8 heteroatoms. The molecule has 0 aliphatic carbocycles. The van der Waals surface area contributed by atoms with E-state index in [1.165, 1.54) is 0 Å². The summed E-state index contributed by atoms with van der Waals surface area (Å²) in [5.74, 6) is 1.25. The topological polar surface area (TPSA) is 74.5 Å². The number of aromatic nitrogens is 2. The summed E-state index contributed by atoms with van der Waals surface area (Å²) < 4.78 is 5.53. The van der Waals surface area contributed by atoms with Crippen molar-refractivity contribution in [1.82, 2.24) is 25.3 Å². The Kier molecular flexibility index (Phi) is 7.19. The standard InChI is InChI=1S/C24H28ClN5O2/c1-17(19-8-10-21(25)11-9-19)26-22(31)16-29-12-14-30(15-13-29)18(2)24-27-23(28-32-24)20-6-4-3-5-7-20/h3-11,17-18H,12-16H2,1-2H3,(H,26,31). The van der Waals surface area contributed by atoms with E-state index in [4.69, 9.17) is 16.1 Å². The second-order valence-corrected chi connectivity index (χ2v) is 8.59. The van der Waals surface area contributed by atoms with Crippen LogP contribution < -0.4 is 5.32 Å². The molecule has 1 aromatic heterocycles. The molecular weight excluding hydrogens is 426 g/mol. The van der Waals surface area contributed by atoms with Gasteiger partial charge in [-0.25, -0.2) is 0 Å². The molecule has 1 saturated heterocycles. The third kappa shape index (κ3) is 5.54. The lowest BCUT2D eigenvalue weighted by molar-refractivity contribution is -0.123. The summed E-state index contributed by atoms with van der Waals surface area (Å²) in [5, 5.41) is 7.89. The summed E-state index contributed by atoms with van der Waals surface area (Å²) in [6.07, 6.45) is 0. The summed E-state index contributed by atoms with van der Waals surface area (Å²) in [6.45, 7) is 7.75. The van der Waals surface area contributed by atoms with Crippen LogP contribution in [0, 0.1) is 0 Å². The first-order valence-corrected chi connectivity index (χ1v) is 11.3. The third-order valence-corrected chi connectivity index (χ3v) is 6.15. The van der Waals surface area contributed by atoms with E-state index in [1.54, 1.807) is 0 Å². The molecule has 1 N–H and O–H groups in total. The Morgan fingerprint density at radius 2 is 1.75 bits per heavy atom. The van der Waals surface area contributed by atoms with E-state index in [0.29, 0.717) is 23.3 Å². The van der Waals surface area contributed by atoms with Gasteiger partial charge < -0.3 is 9.84 Å². The van der Waals surface area contributed by atoms with Gasteiger partial charge in [0.15, 0.2) is 0 Å². The van der Waals surface area contributed by atoms with Gasteiger partial charge in [0.1, 0.15) is 0 Å². The molecule has 0 saturated carbocycles. The Bertz CT molecular complexity index is 1020. The minimum atomic E-state index is -0.0579. The summed E-state index contributed by atoms with van der Waals surface area (Å²) in [4.78, 5) is 21.6. The van der Waals surface area contributed by atoms with Crippen LogP contribution in [0.1, 0.15) is 37.4 Å². The van der Waals surface area contributed by atoms with Crippen molar-refractivity contribution in [2.45, 2.75) is 25.9 Å². The number of carbonyl (C=O) groups is 1. The first-order valence-electron chi connectivity index (χ1n) is 10.9. The largest absolute Gasteiger partial charge is 0.348 e. The summed E-state index contributed by atoms with van der Waals surface area (Å²) in [5.41, 5.74) is 1.98. The van der Waals surface area contributed by atoms with Crippen LogP contribution in [-0.2, 0) is 4.79 Å². The van der Waals surface area contributed by atoms with Crippen LogP contribution in [0.15, 0.2) is 59.1 Å². The zero-order valence-electron chi connectivity index (χ0n) is 18.4. The van der Waals surface area contributed by atoms with Gasteiger partial charge in [0.25, 0.3) is 0 Å². The average molecular weight is 454 g/mol. The van der Waals surface area contributed by atoms with Crippen molar-refractivity contribution in [3.05, 3.63) is 71.1 Å². The zero-order valence-corrected chi connectivity index (χ0v) is 19.1. The maximum absolute atomic E-state index is 12.5. The molecule has 2 aromatic carbocycles. The van der Waals surface area contributed by atoms with E-state index in [0.717, 1.165) is 37.3 Å². The fourth-order valence-corrected chi connectivity index (χ4v) is 4.03. The number of halogens is 1. The normalized spacial score (nSPS) is 17.1. The van der Waals surface area contributed by atoms with Crippen molar-refractivity contribution < 1.29 is 9.32 Å². The highest BCUT2D eigenvalue weighted by molar-refractivity contribution is 6.30. The molecule has 2 unspecified atom stereocenters. The number of carbonyl (C=O) groups excluding carboxylic acids is 1. The Balaban J connectivity index is 1.25. The fraction of sp³-hybridized carbons (Fsp3) is 0.375. The number of nitrogens with zero attached hydrogens (tertiary/aromatic N) is 4. The number of rotatable bonds is 7. The maximum atomic E-state index is 12.5. The van der Waals surface area contributed by atoms with Crippen molar-refractivity contribution in [1.29, 1.82) is 0 Å². The predicted octanol–water partition coefficient (Wildman–Crippen LogP) is 3.95. The van der Waals surface area contributed by atoms with Crippen LogP contribution in [0.3, 0.4) is 0 Å². The van der Waals surface area contributed by atoms with Crippen LogP contribution in [0.25, 0.3) is 11.4 Å². The fourth-order valence-electron chi connectivity index (χ4n) is 3.90. The zero-order chi connectivity index (χ0) is 22.5. The van der Waals surface area contributed by atoms with Crippen molar-refractivity contribution in [3.8, 4) is 11.4 Å². The monoisotopic (exact) mass is 453 g/mol. The SMILES string of the molecule is CC(NC(=O)CN1CCN(C(C)c2nc(-c3ccccc3)no2)CC1)c1ccc(Cl)cc1. The van der Waals surface area contributed by atoms with Crippen molar-refractivity contribution in [2.75, 3.05) is 32.7 Å². The van der Waals surface area contributed by atoms with Crippen LogP contribution in [0.2, 0.25) is 5.02 Å². The van der Waals surface area contributed by atoms with Crippen LogP contribution >= 0.6 is 11.6 Å². The Hall–Kier alpha value is -2.74. The second-order valence-electron chi connectivity index (χ2n) is 8.15. The van der Waals surface area contributed by atoms with Gasteiger partial charge in [-0.1, -0.05) is 59.2 Å². The van der Waals surface area contributed by atoms with Crippen LogP contribution in [0.4, 0.5) is 0 Å². The quantitative estimate of drug-likeness (QED) is 0.584. The van der Waals surface area contributed by atoms with E-state index < -0.39 is 0 Å². The Morgan fingerprint density at radius 3 is 2.44 bits per heavy atom. The highest BCUT2D eigenvalue weighted by Gasteiger charge is 2.27. The van der Waals surface area contributed by atoms with E-state index in [-0.39, 0.29) is 18.0 Å². The first-order chi connectivity index (χ1) is 15.5. The molecule has 1 aliphatic heterocycles. The van der Waals surface area contributed by atoms with E-state index in [1.807, 2.05) is 61.5 Å². The summed E-state index contributed by atoms with van der Waals surface area (Å²) in [6, 6.07) is 17.3. The molecule has 2 atom stereocenters. The molecule has 2 heterocycles. The Morgan fingerprint density at radius 1 is 1.06 bits per heavy atom. The van der Waals surface area contributed by atoms with Gasteiger partial charge in [-0.3, -0.25) is 14.6 Å². The van der Waals surface area contributed by atoms with Gasteiger partial charge >= 0.3 is 0 Å². The second kappa shape index (κ2) is 10.3. The third-order valence-electron chi connectivity index (χ3n) is 5.90. The van der Waals surface area contributed by atoms with Gasteiger partial charge in [0, 0.05) is 36.8 Å². The van der Waals surface area contributed by atoms with Gasteiger partial charge in [0.2, 0.25) is 17.6 Å². The van der Waals surface area contributed by atoms with E-state index >= 15 is 0 Å². The number of amides is 1. The molecule has 0 bridgehead atoms. The smallest absolute Gasteiger partial charge is 0.244 e. The number of hydrogen-bond donors (Lipinski definition) is 1. The van der Waals surface area contributed by atoms with Gasteiger partial charge in [-0.05, 0) is 31.5 Å². The molecule has 3 aromatic rings. The molecule has 0 radical (unpaired) electrons. The molecule has 1 aliphatic rings. The minimum absolute atomic E-state index is 0.0263. The molecule has 4 rings (SSSR count). The predicted molar refractivity (Wildman–Crippen MR) is 124 cm³/mol. The summed E-state index contributed by atoms with van der Waals surface area (Å²) >= 11 is 5.94. The van der Waals surface area contributed by atoms with Crippen LogP contribution in [-0.4, -0.2) is 58.6 Å². The number of hydrogen-bond acceptors (Lipinski definition) is 6.